The summed E-state index contributed by atoms with van der Waals surface area (Å²) in [5.41, 5.74) is 1.49. The Morgan fingerprint density at radius 2 is 1.65 bits per heavy atom. The van der Waals surface area contributed by atoms with Crippen molar-refractivity contribution in [3.8, 4) is 0 Å². The quantitative estimate of drug-likeness (QED) is 0.270. The van der Waals surface area contributed by atoms with E-state index < -0.39 is 5.60 Å². The van der Waals surface area contributed by atoms with Gasteiger partial charge in [-0.25, -0.2) is 0 Å². The molecule has 3 heterocycles. The molecular weight excluding hydrogens is 667 g/mol. The summed E-state index contributed by atoms with van der Waals surface area (Å²) in [4.78, 5) is 2.99. The average molecular weight is 734 g/mol. The number of aliphatic hydroxyl groups excluding tert-OH is 2. The van der Waals surface area contributed by atoms with Gasteiger partial charge in [-0.05, 0) is 178 Å². The van der Waals surface area contributed by atoms with Gasteiger partial charge in [0.1, 0.15) is 0 Å². The minimum atomic E-state index is -0.576. The summed E-state index contributed by atoms with van der Waals surface area (Å²) in [6, 6.07) is 12.2. The van der Waals surface area contributed by atoms with Crippen molar-refractivity contribution in [3.05, 3.63) is 35.9 Å². The van der Waals surface area contributed by atoms with Crippen molar-refractivity contribution in [2.75, 3.05) is 18.1 Å². The van der Waals surface area contributed by atoms with Crippen LogP contribution in [0.25, 0.3) is 0 Å². The molecule has 2 bridgehead atoms. The molecule has 9 aliphatic rings. The molecule has 6 heteroatoms. The van der Waals surface area contributed by atoms with Gasteiger partial charge in [-0.1, -0.05) is 72.2 Å². The second kappa shape index (κ2) is 13.2. The van der Waals surface area contributed by atoms with Crippen LogP contribution in [-0.4, -0.2) is 68.2 Å². The number of hydrogen-bond acceptors (Lipinski definition) is 6. The normalized spacial score (nSPS) is 55.2. The van der Waals surface area contributed by atoms with Gasteiger partial charge in [0.15, 0.2) is 0 Å². The highest BCUT2D eigenvalue weighted by Crippen LogP contribution is 2.71. The van der Waals surface area contributed by atoms with Crippen molar-refractivity contribution in [2.45, 2.75) is 146 Å². The molecule has 4 nitrogen and oxygen atoms in total. The zero-order chi connectivity index (χ0) is 34.7. The summed E-state index contributed by atoms with van der Waals surface area (Å²) in [6.07, 6.45) is 18.7. The number of aliphatic hydroxyl groups is 3. The van der Waals surface area contributed by atoms with Gasteiger partial charge < -0.3 is 15.3 Å². The summed E-state index contributed by atoms with van der Waals surface area (Å²) < 4.78 is 0. The van der Waals surface area contributed by atoms with Gasteiger partial charge in [0.2, 0.25) is 0 Å². The van der Waals surface area contributed by atoms with Gasteiger partial charge in [-0.2, -0.15) is 0 Å². The third-order valence-electron chi connectivity index (χ3n) is 18.7. The first-order chi connectivity index (χ1) is 24.7. The van der Waals surface area contributed by atoms with E-state index >= 15 is 0 Å². The molecule has 3 aliphatic heterocycles. The van der Waals surface area contributed by atoms with E-state index in [0.29, 0.717) is 70.8 Å². The number of fused-ring (bicyclic) bond motifs is 5. The molecule has 1 aromatic carbocycles. The first kappa shape index (κ1) is 35.2. The van der Waals surface area contributed by atoms with E-state index in [1.807, 2.05) is 0 Å². The maximum Gasteiger partial charge on any atom is 0.0861 e. The van der Waals surface area contributed by atoms with E-state index in [9.17, 15) is 15.3 Å². The predicted octanol–water partition coefficient (Wildman–Crippen LogP) is 8.87. The van der Waals surface area contributed by atoms with Crippen LogP contribution < -0.4 is 0 Å². The molecule has 6 aliphatic carbocycles. The highest BCUT2D eigenvalue weighted by Gasteiger charge is 2.70. The third kappa shape index (κ3) is 5.49. The summed E-state index contributed by atoms with van der Waals surface area (Å²) in [7, 11) is 4.35. The lowest BCUT2D eigenvalue weighted by Crippen LogP contribution is -2.73. The number of benzene rings is 1. The van der Waals surface area contributed by atoms with Gasteiger partial charge in [0.25, 0.3) is 0 Å². The number of nitrogens with zero attached hydrogens (tertiary/aromatic N) is 1. The fraction of sp³-hybridized carbons (Fsp3) is 0.867. The zero-order valence-electron chi connectivity index (χ0n) is 31.6. The predicted molar refractivity (Wildman–Crippen MR) is 210 cm³/mol. The Hall–Kier alpha value is -0.240. The molecule has 9 fully saturated rings. The van der Waals surface area contributed by atoms with Crippen LogP contribution in [0.15, 0.2) is 30.3 Å². The largest absolute Gasteiger partial charge is 0.393 e. The molecule has 6 saturated carbocycles. The minimum absolute atomic E-state index is 0.124. The van der Waals surface area contributed by atoms with Crippen LogP contribution in [0.2, 0.25) is 0 Å². The molecule has 10 rings (SSSR count). The Kier molecular flexibility index (Phi) is 9.09. The topological polar surface area (TPSA) is 63.9 Å². The lowest BCUT2D eigenvalue weighted by atomic mass is 9.50. The average Bonchev–Trinajstić information content (AvgIpc) is 3.66. The van der Waals surface area contributed by atoms with Crippen LogP contribution in [0.1, 0.15) is 116 Å². The Morgan fingerprint density at radius 1 is 0.804 bits per heavy atom. The molecule has 1 spiro atoms. The molecule has 18 atom stereocenters. The number of rotatable bonds is 3. The summed E-state index contributed by atoms with van der Waals surface area (Å²) >= 11 is 0. The Bertz CT molecular complexity index is 1430. The molecular formula is C45H67NO3S2. The molecule has 0 radical (unpaired) electrons. The first-order valence-electron chi connectivity index (χ1n) is 21.8. The Labute approximate surface area is 316 Å². The molecule has 0 aromatic heterocycles. The minimum Gasteiger partial charge on any atom is -0.393 e. The van der Waals surface area contributed by atoms with Crippen LogP contribution in [0.5, 0.6) is 0 Å². The Morgan fingerprint density at radius 3 is 2.51 bits per heavy atom. The van der Waals surface area contributed by atoms with Gasteiger partial charge in [0, 0.05) is 30.1 Å². The summed E-state index contributed by atoms with van der Waals surface area (Å²) in [5.74, 6) is 8.92. The SMILES string of the molecule is C[C@@H]1CC[C@H]2N3C[C@H]4[C@@H]5[C@H](CC[C@H]4[C@@]2(O)[C@H]2CCC[C@]4(CC[C@H](Cc6ccccc6)C4)C2)[C@H]2C[C@H](O)[C@@H]4C[C@@H](O)CC[C@]4(C)[C@H]2[C@@H]5CSSC[C@@H]13. The summed E-state index contributed by atoms with van der Waals surface area (Å²) in [5, 5.41) is 36.7. The van der Waals surface area contributed by atoms with Crippen molar-refractivity contribution in [1.29, 1.82) is 0 Å². The van der Waals surface area contributed by atoms with Crippen molar-refractivity contribution in [2.24, 2.45) is 75.9 Å². The van der Waals surface area contributed by atoms with Gasteiger partial charge in [-0.3, -0.25) is 4.90 Å². The van der Waals surface area contributed by atoms with Crippen LogP contribution in [0.4, 0.5) is 0 Å². The lowest BCUT2D eigenvalue weighted by molar-refractivity contribution is -0.230. The highest BCUT2D eigenvalue weighted by atomic mass is 33.1. The second-order valence-electron chi connectivity index (χ2n) is 20.7. The monoisotopic (exact) mass is 733 g/mol. The third-order valence-corrected chi connectivity index (χ3v) is 21.2. The fourth-order valence-electron chi connectivity index (χ4n) is 16.8. The number of hydrogen-bond donors (Lipinski definition) is 3. The van der Waals surface area contributed by atoms with Crippen LogP contribution in [0.3, 0.4) is 0 Å². The van der Waals surface area contributed by atoms with Gasteiger partial charge >= 0.3 is 0 Å². The van der Waals surface area contributed by atoms with Gasteiger partial charge in [0.05, 0.1) is 17.8 Å². The highest BCUT2D eigenvalue weighted by molar-refractivity contribution is 8.76. The van der Waals surface area contributed by atoms with Crippen molar-refractivity contribution < 1.29 is 15.3 Å². The van der Waals surface area contributed by atoms with Gasteiger partial charge in [-0.15, -0.1) is 0 Å². The molecule has 0 amide bonds. The van der Waals surface area contributed by atoms with E-state index in [-0.39, 0.29) is 23.5 Å². The van der Waals surface area contributed by atoms with Crippen LogP contribution >= 0.6 is 21.6 Å². The smallest absolute Gasteiger partial charge is 0.0861 e. The molecule has 3 N–H and O–H groups in total. The number of piperidine rings is 2. The molecule has 0 unspecified atom stereocenters. The lowest BCUT2D eigenvalue weighted by Gasteiger charge is -2.66. The zero-order valence-corrected chi connectivity index (χ0v) is 33.2. The summed E-state index contributed by atoms with van der Waals surface area (Å²) in [6.45, 7) is 6.30. The van der Waals surface area contributed by atoms with Crippen LogP contribution in [0, 0.1) is 75.9 Å². The standard InChI is InChI=1S/C45H67NO3S2/c1-27-10-13-40-45(49,30-9-6-16-44(23-30)18-14-29(22-44)19-28-7-4-3-5-8-28)36-12-11-32-33-21-39(48)37-20-31(47)15-17-43(37,2)42(33)35-25-50-51-26-38(27)46(40)24-34(36)41(32)35/h3-5,7-8,27,29-42,47-49H,6,9-26H2,1-2H3/t27-,29-,30+,31+,32-,33-,34-,35-,36-,37+,38+,39+,40-,41+,42-,43+,44-,45+/m1/s1. The fourth-order valence-corrected chi connectivity index (χ4v) is 19.7. The van der Waals surface area contributed by atoms with Crippen molar-refractivity contribution in [3.63, 3.8) is 0 Å². The molecule has 282 valence electrons. The van der Waals surface area contributed by atoms with Crippen LogP contribution in [-0.2, 0) is 6.42 Å². The molecule has 3 saturated heterocycles. The Balaban J connectivity index is 1.00. The molecule has 51 heavy (non-hydrogen) atoms. The van der Waals surface area contributed by atoms with E-state index in [2.05, 4.69) is 70.7 Å². The van der Waals surface area contributed by atoms with E-state index in [1.54, 1.807) is 0 Å². The van der Waals surface area contributed by atoms with E-state index in [1.165, 1.54) is 101 Å². The second-order valence-corrected chi connectivity index (χ2v) is 23.2. The van der Waals surface area contributed by atoms with Crippen molar-refractivity contribution >= 4 is 21.6 Å². The molecule has 1 aromatic rings. The first-order valence-corrected chi connectivity index (χ1v) is 24.3. The maximum atomic E-state index is 14.1. The van der Waals surface area contributed by atoms with Crippen molar-refractivity contribution in [1.82, 2.24) is 4.90 Å². The van der Waals surface area contributed by atoms with E-state index in [0.717, 1.165) is 31.6 Å². The maximum absolute atomic E-state index is 14.1. The van der Waals surface area contributed by atoms with E-state index in [4.69, 9.17) is 0 Å².